The third-order valence-electron chi connectivity index (χ3n) is 3.36. The topological polar surface area (TPSA) is 87.9 Å². The first-order valence-corrected chi connectivity index (χ1v) is 10.4. The van der Waals surface area contributed by atoms with Gasteiger partial charge in [-0.1, -0.05) is 23.1 Å². The molecular weight excluding hydrogens is 467 g/mol. The van der Waals surface area contributed by atoms with Crippen molar-refractivity contribution >= 4 is 50.1 Å². The number of hydrogen-bond donors (Lipinski definition) is 1. The number of aryl methyl sites for hydroxylation is 1. The second kappa shape index (κ2) is 9.14. The Labute approximate surface area is 176 Å². The standard InChI is InChI=1S/C18H12BrFN4O2S2/c1-10-17(27-8-6-21)28-18(23-10)24-15(25)12-3-2-7-22-16(12)26-14-5-4-11(20)9-13(14)19/h2-5,7,9H,8H2,1H3,(H,23,24,25). The van der Waals surface area contributed by atoms with Crippen molar-refractivity contribution in [3.8, 4) is 17.7 Å². The number of aromatic nitrogens is 2. The fraction of sp³-hybridized carbons (Fsp3) is 0.111. The molecule has 10 heteroatoms. The maximum absolute atomic E-state index is 13.3. The summed E-state index contributed by atoms with van der Waals surface area (Å²) in [7, 11) is 0. The predicted molar refractivity (Wildman–Crippen MR) is 110 cm³/mol. The van der Waals surface area contributed by atoms with E-state index in [0.29, 0.717) is 21.1 Å². The van der Waals surface area contributed by atoms with Crippen LogP contribution in [0.1, 0.15) is 16.1 Å². The first kappa shape index (κ1) is 20.3. The molecule has 0 spiro atoms. The molecule has 2 heterocycles. The quantitative estimate of drug-likeness (QED) is 0.476. The molecule has 6 nitrogen and oxygen atoms in total. The first-order chi connectivity index (χ1) is 13.5. The molecule has 28 heavy (non-hydrogen) atoms. The zero-order valence-corrected chi connectivity index (χ0v) is 17.6. The number of carbonyl (C=O) groups excluding carboxylic acids is 1. The summed E-state index contributed by atoms with van der Waals surface area (Å²) in [5.41, 5.74) is 0.955. The fourth-order valence-electron chi connectivity index (χ4n) is 2.14. The monoisotopic (exact) mass is 478 g/mol. The summed E-state index contributed by atoms with van der Waals surface area (Å²) in [6.45, 7) is 1.82. The van der Waals surface area contributed by atoms with Crippen LogP contribution in [0.25, 0.3) is 0 Å². The largest absolute Gasteiger partial charge is 0.437 e. The lowest BCUT2D eigenvalue weighted by Gasteiger charge is -2.10. The Morgan fingerprint density at radius 1 is 1.46 bits per heavy atom. The number of nitrogens with one attached hydrogen (secondary N) is 1. The minimum Gasteiger partial charge on any atom is -0.437 e. The summed E-state index contributed by atoms with van der Waals surface area (Å²) in [6, 6.07) is 9.20. The van der Waals surface area contributed by atoms with Gasteiger partial charge >= 0.3 is 0 Å². The maximum atomic E-state index is 13.3. The van der Waals surface area contributed by atoms with Crippen LogP contribution in [0.5, 0.6) is 11.6 Å². The van der Waals surface area contributed by atoms with Crippen LogP contribution in [0.4, 0.5) is 9.52 Å². The number of amides is 1. The number of anilines is 1. The summed E-state index contributed by atoms with van der Waals surface area (Å²) < 4.78 is 20.2. The summed E-state index contributed by atoms with van der Waals surface area (Å²) in [6.07, 6.45) is 1.49. The van der Waals surface area contributed by atoms with Gasteiger partial charge in [0.15, 0.2) is 5.13 Å². The number of carbonyl (C=O) groups is 1. The van der Waals surface area contributed by atoms with E-state index in [1.54, 1.807) is 12.1 Å². The molecule has 0 aliphatic rings. The Bertz CT molecular complexity index is 1070. The van der Waals surface area contributed by atoms with Gasteiger partial charge in [0.2, 0.25) is 5.88 Å². The second-order valence-electron chi connectivity index (χ2n) is 5.33. The number of nitriles is 1. The van der Waals surface area contributed by atoms with E-state index in [2.05, 4.69) is 37.3 Å². The van der Waals surface area contributed by atoms with E-state index in [0.717, 1.165) is 9.90 Å². The van der Waals surface area contributed by atoms with E-state index in [-0.39, 0.29) is 11.4 Å². The van der Waals surface area contributed by atoms with Gasteiger partial charge in [0.25, 0.3) is 5.91 Å². The minimum atomic E-state index is -0.438. The van der Waals surface area contributed by atoms with E-state index < -0.39 is 11.7 Å². The molecule has 0 saturated heterocycles. The van der Waals surface area contributed by atoms with Crippen molar-refractivity contribution in [1.82, 2.24) is 9.97 Å². The van der Waals surface area contributed by atoms with Crippen LogP contribution in [0.3, 0.4) is 0 Å². The predicted octanol–water partition coefficient (Wildman–Crippen LogP) is 5.41. The van der Waals surface area contributed by atoms with Gasteiger partial charge in [0, 0.05) is 6.20 Å². The molecular formula is C18H12BrFN4O2S2. The summed E-state index contributed by atoms with van der Waals surface area (Å²) in [5, 5.41) is 11.8. The first-order valence-electron chi connectivity index (χ1n) is 7.84. The molecule has 0 aliphatic heterocycles. The molecule has 2 aromatic heterocycles. The molecule has 3 rings (SSSR count). The van der Waals surface area contributed by atoms with Crippen molar-refractivity contribution in [2.45, 2.75) is 11.1 Å². The number of rotatable bonds is 6. The van der Waals surface area contributed by atoms with E-state index in [1.807, 2.05) is 6.92 Å². The molecule has 1 amide bonds. The van der Waals surface area contributed by atoms with Crippen molar-refractivity contribution < 1.29 is 13.9 Å². The highest BCUT2D eigenvalue weighted by atomic mass is 79.9. The van der Waals surface area contributed by atoms with Crippen LogP contribution < -0.4 is 10.1 Å². The maximum Gasteiger partial charge on any atom is 0.262 e. The highest BCUT2D eigenvalue weighted by molar-refractivity contribution is 9.10. The number of pyridine rings is 1. The fourth-order valence-corrected chi connectivity index (χ4v) is 4.37. The Kier molecular flexibility index (Phi) is 6.61. The van der Waals surface area contributed by atoms with Crippen molar-refractivity contribution in [2.75, 3.05) is 11.1 Å². The minimum absolute atomic E-state index is 0.0830. The highest BCUT2D eigenvalue weighted by Crippen LogP contribution is 2.33. The van der Waals surface area contributed by atoms with Gasteiger partial charge in [-0.05, 0) is 53.2 Å². The second-order valence-corrected chi connectivity index (χ2v) is 8.42. The van der Waals surface area contributed by atoms with Crippen LogP contribution >= 0.6 is 39.0 Å². The van der Waals surface area contributed by atoms with E-state index in [1.165, 1.54) is 47.5 Å². The van der Waals surface area contributed by atoms with Gasteiger partial charge in [-0.15, -0.1) is 0 Å². The third kappa shape index (κ3) is 4.86. The van der Waals surface area contributed by atoms with E-state index in [4.69, 9.17) is 10.00 Å². The molecule has 0 unspecified atom stereocenters. The van der Waals surface area contributed by atoms with Crippen LogP contribution in [0, 0.1) is 24.1 Å². The molecule has 3 aromatic rings. The molecule has 0 radical (unpaired) electrons. The number of benzene rings is 1. The van der Waals surface area contributed by atoms with Crippen LogP contribution in [-0.2, 0) is 0 Å². The van der Waals surface area contributed by atoms with Gasteiger partial charge in [-0.25, -0.2) is 14.4 Å². The molecule has 1 N–H and O–H groups in total. The van der Waals surface area contributed by atoms with Crippen molar-refractivity contribution in [3.05, 3.63) is 58.1 Å². The Balaban J connectivity index is 1.80. The van der Waals surface area contributed by atoms with Gasteiger partial charge in [-0.2, -0.15) is 5.26 Å². The Morgan fingerprint density at radius 2 is 2.29 bits per heavy atom. The lowest BCUT2D eigenvalue weighted by atomic mass is 10.2. The highest BCUT2D eigenvalue weighted by Gasteiger charge is 2.18. The zero-order valence-electron chi connectivity index (χ0n) is 14.4. The number of hydrogen-bond acceptors (Lipinski definition) is 7. The lowest BCUT2D eigenvalue weighted by molar-refractivity contribution is 0.102. The average Bonchev–Trinajstić information content (AvgIpc) is 3.01. The molecule has 0 fully saturated rings. The molecule has 1 aromatic carbocycles. The average molecular weight is 479 g/mol. The van der Waals surface area contributed by atoms with Gasteiger partial charge in [0.05, 0.1) is 26.2 Å². The Hall–Kier alpha value is -2.48. The summed E-state index contributed by atoms with van der Waals surface area (Å²) >= 11 is 5.89. The zero-order chi connectivity index (χ0) is 20.1. The van der Waals surface area contributed by atoms with Crippen LogP contribution in [0.15, 0.2) is 45.2 Å². The molecule has 0 atom stereocenters. The van der Waals surface area contributed by atoms with Gasteiger partial charge in [0.1, 0.15) is 17.1 Å². The van der Waals surface area contributed by atoms with Crippen molar-refractivity contribution in [2.24, 2.45) is 0 Å². The molecule has 0 saturated carbocycles. The van der Waals surface area contributed by atoms with Gasteiger partial charge in [-0.3, -0.25) is 10.1 Å². The number of ether oxygens (including phenoxy) is 1. The smallest absolute Gasteiger partial charge is 0.262 e. The SMILES string of the molecule is Cc1nc(NC(=O)c2cccnc2Oc2ccc(F)cc2Br)sc1SCC#N. The van der Waals surface area contributed by atoms with E-state index in [9.17, 15) is 9.18 Å². The molecule has 0 aliphatic carbocycles. The number of nitrogens with zero attached hydrogens (tertiary/aromatic N) is 3. The van der Waals surface area contributed by atoms with Crippen LogP contribution in [-0.4, -0.2) is 21.6 Å². The lowest BCUT2D eigenvalue weighted by Crippen LogP contribution is -2.13. The van der Waals surface area contributed by atoms with E-state index >= 15 is 0 Å². The number of thiazole rings is 1. The van der Waals surface area contributed by atoms with Gasteiger partial charge < -0.3 is 4.74 Å². The third-order valence-corrected chi connectivity index (χ3v) is 6.28. The van der Waals surface area contributed by atoms with Crippen molar-refractivity contribution in [1.29, 1.82) is 5.26 Å². The molecule has 142 valence electrons. The summed E-state index contributed by atoms with van der Waals surface area (Å²) in [4.78, 5) is 21.1. The van der Waals surface area contributed by atoms with Crippen molar-refractivity contribution in [3.63, 3.8) is 0 Å². The number of halogens is 2. The van der Waals surface area contributed by atoms with Crippen LogP contribution in [0.2, 0.25) is 0 Å². The number of thioether (sulfide) groups is 1. The normalized spacial score (nSPS) is 10.4. The molecule has 0 bridgehead atoms. The summed E-state index contributed by atoms with van der Waals surface area (Å²) in [5.74, 6) is -0.132. The Morgan fingerprint density at radius 3 is 3.04 bits per heavy atom.